The summed E-state index contributed by atoms with van der Waals surface area (Å²) in [5, 5.41) is 22.9. The lowest BCUT2D eigenvalue weighted by Gasteiger charge is -2.58. The molecule has 0 amide bonds. The van der Waals surface area contributed by atoms with Gasteiger partial charge >= 0.3 is 5.97 Å². The van der Waals surface area contributed by atoms with E-state index < -0.39 is 5.97 Å². The van der Waals surface area contributed by atoms with E-state index in [1.165, 1.54) is 50.4 Å². The third kappa shape index (κ3) is 5.28. The fourth-order valence-corrected chi connectivity index (χ4v) is 7.51. The molecule has 0 unspecified atom stereocenters. The Kier molecular flexibility index (Phi) is 7.06. The van der Waals surface area contributed by atoms with Crippen molar-refractivity contribution in [2.45, 2.75) is 81.9 Å². The van der Waals surface area contributed by atoms with Gasteiger partial charge in [0.1, 0.15) is 18.2 Å². The Labute approximate surface area is 240 Å². The van der Waals surface area contributed by atoms with E-state index >= 15 is 0 Å². The van der Waals surface area contributed by atoms with Crippen LogP contribution in [0.2, 0.25) is 0 Å². The predicted molar refractivity (Wildman–Crippen MR) is 151 cm³/mol. The maximum absolute atomic E-state index is 11.2. The summed E-state index contributed by atoms with van der Waals surface area (Å²) < 4.78 is 15.6. The van der Waals surface area contributed by atoms with Gasteiger partial charge in [0.25, 0.3) is 0 Å². The van der Waals surface area contributed by atoms with Crippen molar-refractivity contribution >= 4 is 5.97 Å². The van der Waals surface area contributed by atoms with Crippen molar-refractivity contribution in [3.8, 4) is 5.75 Å². The number of hydrogen-bond acceptors (Lipinski definition) is 7. The molecule has 10 nitrogen and oxygen atoms in total. The first kappa shape index (κ1) is 26.6. The number of likely N-dealkylation sites (tertiary alicyclic amines) is 1. The Balaban J connectivity index is 0.892. The van der Waals surface area contributed by atoms with Crippen LogP contribution >= 0.6 is 0 Å². The van der Waals surface area contributed by atoms with Gasteiger partial charge in [-0.05, 0) is 81.0 Å². The van der Waals surface area contributed by atoms with Crippen molar-refractivity contribution < 1.29 is 19.4 Å². The van der Waals surface area contributed by atoms with Gasteiger partial charge in [0.2, 0.25) is 0 Å². The number of nitrogens with zero attached hydrogens (tertiary/aromatic N) is 6. The van der Waals surface area contributed by atoms with Crippen LogP contribution in [0.4, 0.5) is 0 Å². The summed E-state index contributed by atoms with van der Waals surface area (Å²) in [7, 11) is 1.99. The normalized spacial score (nSPS) is 27.7. The highest BCUT2D eigenvalue weighted by molar-refractivity contribution is 5.88. The van der Waals surface area contributed by atoms with Gasteiger partial charge in [-0.1, -0.05) is 6.07 Å². The molecule has 4 aliphatic rings. The number of carboxylic acid groups (broad SMARTS) is 1. The average Bonchev–Trinajstić information content (AvgIpc) is 3.58. The minimum Gasteiger partial charge on any atom is -0.486 e. The molecule has 2 saturated heterocycles. The minimum atomic E-state index is -0.970. The van der Waals surface area contributed by atoms with Crippen molar-refractivity contribution in [2.75, 3.05) is 26.3 Å². The lowest BCUT2D eigenvalue weighted by molar-refractivity contribution is -0.200. The second-order valence-electron chi connectivity index (χ2n) is 12.8. The fraction of sp³-hybridized carbons (Fsp3) is 0.613. The summed E-state index contributed by atoms with van der Waals surface area (Å²) >= 11 is 0. The van der Waals surface area contributed by atoms with Gasteiger partial charge in [-0.3, -0.25) is 9.58 Å². The van der Waals surface area contributed by atoms with Crippen LogP contribution in [-0.4, -0.2) is 72.9 Å². The monoisotopic (exact) mass is 560 g/mol. The fourth-order valence-electron chi connectivity index (χ4n) is 7.51. The molecular formula is C31H40N6O4. The first-order chi connectivity index (χ1) is 20.0. The molecule has 7 rings (SSSR count). The van der Waals surface area contributed by atoms with E-state index in [0.717, 1.165) is 56.6 Å². The number of rotatable bonds is 8. The van der Waals surface area contributed by atoms with Gasteiger partial charge in [0, 0.05) is 43.7 Å². The quantitative estimate of drug-likeness (QED) is 0.428. The van der Waals surface area contributed by atoms with E-state index in [9.17, 15) is 9.90 Å². The minimum absolute atomic E-state index is 0.204. The molecule has 0 radical (unpaired) electrons. The van der Waals surface area contributed by atoms with Crippen LogP contribution in [0.3, 0.4) is 0 Å². The number of ether oxygens (including phenoxy) is 2. The van der Waals surface area contributed by atoms with E-state index in [0.29, 0.717) is 29.0 Å². The third-order valence-electron chi connectivity index (χ3n) is 10.1. The van der Waals surface area contributed by atoms with Crippen LogP contribution in [-0.2, 0) is 18.4 Å². The smallest absolute Gasteiger partial charge is 0.335 e. The standard InChI is InChI=1S/C31H40N6O4/c1-35-28(16-41-27-4-2-3-23(13-27)30(38)39)33-34-29(35)22-7-5-21(6-8-22)24-14-32-37(15-24)26-11-9-25(10-12-26)36-17-31(18-36)19-40-20-31/h2-4,13-15,21-22,25-26H,5-12,16-20H2,1H3,(H,38,39)/t21-,22-,25-,26-. The molecule has 3 aromatic rings. The van der Waals surface area contributed by atoms with Crippen molar-refractivity contribution in [3.63, 3.8) is 0 Å². The van der Waals surface area contributed by atoms with Gasteiger partial charge < -0.3 is 19.1 Å². The van der Waals surface area contributed by atoms with Crippen molar-refractivity contribution in [3.05, 3.63) is 59.4 Å². The summed E-state index contributed by atoms with van der Waals surface area (Å²) in [6, 6.07) is 7.80. The zero-order chi connectivity index (χ0) is 28.0. The Morgan fingerprint density at radius 3 is 2.46 bits per heavy atom. The van der Waals surface area contributed by atoms with Crippen LogP contribution < -0.4 is 4.74 Å². The zero-order valence-corrected chi connectivity index (χ0v) is 23.8. The Morgan fingerprint density at radius 1 is 1.02 bits per heavy atom. The molecule has 1 N–H and O–H groups in total. The van der Waals surface area contributed by atoms with Crippen LogP contribution in [0.5, 0.6) is 5.75 Å². The van der Waals surface area contributed by atoms with Gasteiger partial charge in [-0.25, -0.2) is 4.79 Å². The zero-order valence-electron chi connectivity index (χ0n) is 23.8. The third-order valence-corrected chi connectivity index (χ3v) is 10.1. The number of carboxylic acids is 1. The molecule has 2 aromatic heterocycles. The number of aromatic carboxylic acids is 1. The lowest BCUT2D eigenvalue weighted by atomic mass is 9.75. The van der Waals surface area contributed by atoms with Gasteiger partial charge in [0.15, 0.2) is 5.82 Å². The van der Waals surface area contributed by atoms with E-state index in [1.807, 2.05) is 11.6 Å². The van der Waals surface area contributed by atoms with Gasteiger partial charge in [0.05, 0.1) is 31.0 Å². The summed E-state index contributed by atoms with van der Waals surface area (Å²) in [5.41, 5.74) is 2.10. The number of benzene rings is 1. The van der Waals surface area contributed by atoms with Gasteiger partial charge in [-0.2, -0.15) is 5.10 Å². The highest BCUT2D eigenvalue weighted by Crippen LogP contribution is 2.43. The molecule has 2 aliphatic heterocycles. The highest BCUT2D eigenvalue weighted by Gasteiger charge is 2.50. The highest BCUT2D eigenvalue weighted by atomic mass is 16.5. The Morgan fingerprint density at radius 2 is 1.76 bits per heavy atom. The molecule has 0 bridgehead atoms. The average molecular weight is 561 g/mol. The molecule has 4 fully saturated rings. The molecular weight excluding hydrogens is 520 g/mol. The first-order valence-corrected chi connectivity index (χ1v) is 15.2. The van der Waals surface area contributed by atoms with Gasteiger partial charge in [-0.15, -0.1) is 10.2 Å². The molecule has 4 heterocycles. The van der Waals surface area contributed by atoms with Crippen LogP contribution in [0.15, 0.2) is 36.7 Å². The largest absolute Gasteiger partial charge is 0.486 e. The number of aromatic nitrogens is 5. The summed E-state index contributed by atoms with van der Waals surface area (Å²) in [5.74, 6) is 2.22. The summed E-state index contributed by atoms with van der Waals surface area (Å²) in [6.45, 7) is 4.67. The molecule has 1 aromatic carbocycles. The van der Waals surface area contributed by atoms with E-state index in [4.69, 9.17) is 14.6 Å². The molecule has 1 spiro atoms. The van der Waals surface area contributed by atoms with E-state index in [1.54, 1.807) is 18.2 Å². The Bertz CT molecular complexity index is 1370. The molecule has 10 heteroatoms. The molecule has 0 atom stereocenters. The molecule has 41 heavy (non-hydrogen) atoms. The first-order valence-electron chi connectivity index (χ1n) is 15.2. The molecule has 218 valence electrons. The van der Waals surface area contributed by atoms with Crippen molar-refractivity contribution in [1.82, 2.24) is 29.4 Å². The molecule has 2 aliphatic carbocycles. The van der Waals surface area contributed by atoms with Crippen molar-refractivity contribution in [2.24, 2.45) is 12.5 Å². The van der Waals surface area contributed by atoms with Crippen LogP contribution in [0, 0.1) is 5.41 Å². The SMILES string of the molecule is Cn1c(COc2cccc(C(=O)O)c2)nnc1[C@H]1CC[C@H](c2cnn([C@H]3CC[C@H](N4CC5(COC5)C4)CC3)c2)CC1. The predicted octanol–water partition coefficient (Wildman–Crippen LogP) is 4.55. The summed E-state index contributed by atoms with van der Waals surface area (Å²) in [6.07, 6.45) is 13.9. The van der Waals surface area contributed by atoms with E-state index in [2.05, 4.69) is 32.2 Å². The molecule has 2 saturated carbocycles. The second kappa shape index (κ2) is 10.9. The number of hydrogen-bond donors (Lipinski definition) is 1. The summed E-state index contributed by atoms with van der Waals surface area (Å²) in [4.78, 5) is 13.9. The second-order valence-corrected chi connectivity index (χ2v) is 12.8. The maximum Gasteiger partial charge on any atom is 0.335 e. The topological polar surface area (TPSA) is 108 Å². The number of carbonyl (C=O) groups is 1. The lowest BCUT2D eigenvalue weighted by Crippen LogP contribution is -2.68. The Hall–Kier alpha value is -3.24. The maximum atomic E-state index is 11.2. The van der Waals surface area contributed by atoms with Crippen LogP contribution in [0.1, 0.15) is 96.8 Å². The van der Waals surface area contributed by atoms with Crippen LogP contribution in [0.25, 0.3) is 0 Å². The van der Waals surface area contributed by atoms with E-state index in [-0.39, 0.29) is 12.2 Å². The van der Waals surface area contributed by atoms with Crippen molar-refractivity contribution in [1.29, 1.82) is 0 Å².